The molecule has 84 valence electrons. The van der Waals surface area contributed by atoms with Gasteiger partial charge in [0.1, 0.15) is 5.69 Å². The summed E-state index contributed by atoms with van der Waals surface area (Å²) in [6, 6.07) is 0. The van der Waals surface area contributed by atoms with Crippen molar-refractivity contribution < 1.29 is 4.39 Å². The van der Waals surface area contributed by atoms with E-state index in [1.54, 1.807) is 16.2 Å². The average Bonchev–Trinajstić information content (AvgIpc) is 2.55. The Morgan fingerprint density at radius 2 is 2.13 bits per heavy atom. The van der Waals surface area contributed by atoms with Crippen molar-refractivity contribution in [1.82, 2.24) is 9.88 Å². The number of likely N-dealkylation sites (N-methyl/N-ethyl adjacent to an activating group) is 1. The standard InChI is InChI=1S/C11H17FN2S/c1-11(2,3)10-13-8-7(15-10)5-6-14(4)9(8)12/h9H,5-6H2,1-4H3. The smallest absolute Gasteiger partial charge is 0.197 e. The Bertz CT molecular complexity index is 367. The Kier molecular flexibility index (Phi) is 2.59. The molecule has 1 aromatic heterocycles. The molecule has 0 aliphatic carbocycles. The van der Waals surface area contributed by atoms with Crippen LogP contribution in [-0.4, -0.2) is 23.5 Å². The number of aromatic nitrogens is 1. The molecule has 0 amide bonds. The van der Waals surface area contributed by atoms with Crippen molar-refractivity contribution in [3.63, 3.8) is 0 Å². The van der Waals surface area contributed by atoms with Gasteiger partial charge in [0.05, 0.1) is 5.01 Å². The molecule has 0 spiro atoms. The fourth-order valence-electron chi connectivity index (χ4n) is 1.65. The summed E-state index contributed by atoms with van der Waals surface area (Å²) in [5, 5.41) is 1.05. The molecule has 0 saturated heterocycles. The van der Waals surface area contributed by atoms with Crippen LogP contribution in [0.5, 0.6) is 0 Å². The van der Waals surface area contributed by atoms with Crippen molar-refractivity contribution in [2.24, 2.45) is 0 Å². The quantitative estimate of drug-likeness (QED) is 0.635. The van der Waals surface area contributed by atoms with Crippen LogP contribution in [0.25, 0.3) is 0 Å². The van der Waals surface area contributed by atoms with Crippen molar-refractivity contribution in [2.75, 3.05) is 13.6 Å². The summed E-state index contributed by atoms with van der Waals surface area (Å²) in [6.45, 7) is 7.15. The number of rotatable bonds is 0. The van der Waals surface area contributed by atoms with Crippen LogP contribution in [-0.2, 0) is 11.8 Å². The average molecular weight is 228 g/mol. The zero-order valence-corrected chi connectivity index (χ0v) is 10.5. The highest BCUT2D eigenvalue weighted by molar-refractivity contribution is 7.11. The third kappa shape index (κ3) is 1.93. The van der Waals surface area contributed by atoms with Gasteiger partial charge in [0.2, 0.25) is 0 Å². The van der Waals surface area contributed by atoms with Gasteiger partial charge in [-0.15, -0.1) is 11.3 Å². The molecule has 15 heavy (non-hydrogen) atoms. The fraction of sp³-hybridized carbons (Fsp3) is 0.727. The summed E-state index contributed by atoms with van der Waals surface area (Å²) in [7, 11) is 1.81. The van der Waals surface area contributed by atoms with E-state index in [-0.39, 0.29) is 5.41 Å². The molecular weight excluding hydrogens is 211 g/mol. The zero-order valence-electron chi connectivity index (χ0n) is 9.67. The molecule has 1 aromatic rings. The molecule has 1 unspecified atom stereocenters. The maximum atomic E-state index is 13.8. The molecule has 1 atom stereocenters. The lowest BCUT2D eigenvalue weighted by Gasteiger charge is -2.25. The first kappa shape index (κ1) is 11.0. The summed E-state index contributed by atoms with van der Waals surface area (Å²) in [5.74, 6) is 0. The molecule has 0 fully saturated rings. The molecule has 2 heterocycles. The fourth-order valence-corrected chi connectivity index (χ4v) is 2.77. The highest BCUT2D eigenvalue weighted by Crippen LogP contribution is 2.36. The second-order valence-electron chi connectivity index (χ2n) is 5.14. The van der Waals surface area contributed by atoms with E-state index in [0.717, 1.165) is 22.9 Å². The first-order valence-corrected chi connectivity index (χ1v) is 6.05. The van der Waals surface area contributed by atoms with Crippen LogP contribution in [0, 0.1) is 0 Å². The van der Waals surface area contributed by atoms with E-state index in [0.29, 0.717) is 5.69 Å². The SMILES string of the molecule is CN1CCc2sc(C(C)(C)C)nc2C1F. The van der Waals surface area contributed by atoms with Crippen LogP contribution in [0.1, 0.15) is 42.6 Å². The van der Waals surface area contributed by atoms with Crippen LogP contribution in [0.2, 0.25) is 0 Å². The van der Waals surface area contributed by atoms with Crippen molar-refractivity contribution >= 4 is 11.3 Å². The van der Waals surface area contributed by atoms with Gasteiger partial charge in [0.25, 0.3) is 0 Å². The van der Waals surface area contributed by atoms with Gasteiger partial charge in [-0.25, -0.2) is 9.37 Å². The Labute approximate surface area is 94.1 Å². The third-order valence-corrected chi connectivity index (χ3v) is 4.23. The van der Waals surface area contributed by atoms with Gasteiger partial charge in [-0.2, -0.15) is 0 Å². The van der Waals surface area contributed by atoms with Crippen LogP contribution in [0.15, 0.2) is 0 Å². The van der Waals surface area contributed by atoms with E-state index in [4.69, 9.17) is 0 Å². The maximum Gasteiger partial charge on any atom is 0.197 e. The molecule has 0 saturated carbocycles. The van der Waals surface area contributed by atoms with Gasteiger partial charge in [-0.3, -0.25) is 4.90 Å². The summed E-state index contributed by atoms with van der Waals surface area (Å²) in [4.78, 5) is 7.30. The molecular formula is C11H17FN2S. The van der Waals surface area contributed by atoms with E-state index < -0.39 is 6.30 Å². The number of nitrogens with zero attached hydrogens (tertiary/aromatic N) is 2. The number of alkyl halides is 1. The molecule has 0 radical (unpaired) electrons. The van der Waals surface area contributed by atoms with Crippen molar-refractivity contribution in [2.45, 2.75) is 38.9 Å². The normalized spacial score (nSPS) is 22.9. The Balaban J connectivity index is 2.40. The minimum atomic E-state index is -1.01. The minimum absolute atomic E-state index is 0.0281. The van der Waals surface area contributed by atoms with E-state index >= 15 is 0 Å². The Morgan fingerprint density at radius 3 is 2.73 bits per heavy atom. The van der Waals surface area contributed by atoms with Crippen LogP contribution in [0.4, 0.5) is 4.39 Å². The summed E-state index contributed by atoms with van der Waals surface area (Å²) in [6.07, 6.45) is -0.0823. The predicted molar refractivity (Wildman–Crippen MR) is 61.0 cm³/mol. The highest BCUT2D eigenvalue weighted by Gasteiger charge is 2.30. The summed E-state index contributed by atoms with van der Waals surface area (Å²) < 4.78 is 13.8. The van der Waals surface area contributed by atoms with E-state index in [9.17, 15) is 4.39 Å². The number of hydrogen-bond donors (Lipinski definition) is 0. The van der Waals surface area contributed by atoms with Gasteiger partial charge in [-0.1, -0.05) is 20.8 Å². The maximum absolute atomic E-state index is 13.8. The minimum Gasteiger partial charge on any atom is -0.272 e. The van der Waals surface area contributed by atoms with Crippen molar-refractivity contribution in [1.29, 1.82) is 0 Å². The number of thiazole rings is 1. The van der Waals surface area contributed by atoms with Gasteiger partial charge >= 0.3 is 0 Å². The highest BCUT2D eigenvalue weighted by atomic mass is 32.1. The molecule has 4 heteroatoms. The first-order chi connectivity index (χ1) is 6.89. The van der Waals surface area contributed by atoms with Gasteiger partial charge < -0.3 is 0 Å². The summed E-state index contributed by atoms with van der Waals surface area (Å²) in [5.41, 5.74) is 0.680. The number of hydrogen-bond acceptors (Lipinski definition) is 3. The second-order valence-corrected chi connectivity index (χ2v) is 6.23. The molecule has 2 rings (SSSR count). The van der Waals surface area contributed by atoms with Crippen LogP contribution >= 0.6 is 11.3 Å². The first-order valence-electron chi connectivity index (χ1n) is 5.24. The Hall–Kier alpha value is -0.480. The third-order valence-electron chi connectivity index (χ3n) is 2.67. The lowest BCUT2D eigenvalue weighted by molar-refractivity contribution is 0.0966. The summed E-state index contributed by atoms with van der Waals surface area (Å²) >= 11 is 1.67. The zero-order chi connectivity index (χ0) is 11.2. The monoisotopic (exact) mass is 228 g/mol. The Morgan fingerprint density at radius 1 is 1.47 bits per heavy atom. The number of halogens is 1. The van der Waals surface area contributed by atoms with Gasteiger partial charge in [-0.05, 0) is 13.5 Å². The van der Waals surface area contributed by atoms with Crippen molar-refractivity contribution in [3.8, 4) is 0 Å². The number of fused-ring (bicyclic) bond motifs is 1. The van der Waals surface area contributed by atoms with Crippen LogP contribution in [0.3, 0.4) is 0 Å². The molecule has 2 nitrogen and oxygen atoms in total. The molecule has 1 aliphatic heterocycles. The largest absolute Gasteiger partial charge is 0.272 e. The van der Waals surface area contributed by atoms with E-state index in [1.165, 1.54) is 0 Å². The van der Waals surface area contributed by atoms with Crippen molar-refractivity contribution in [3.05, 3.63) is 15.6 Å². The topological polar surface area (TPSA) is 16.1 Å². The predicted octanol–water partition coefficient (Wildman–Crippen LogP) is 2.90. The van der Waals surface area contributed by atoms with Gasteiger partial charge in [0, 0.05) is 16.8 Å². The lowest BCUT2D eigenvalue weighted by Crippen LogP contribution is -2.29. The molecule has 1 aliphatic rings. The molecule has 0 bridgehead atoms. The van der Waals surface area contributed by atoms with Gasteiger partial charge in [0.15, 0.2) is 6.30 Å². The lowest BCUT2D eigenvalue weighted by atomic mass is 9.98. The molecule has 0 aromatic carbocycles. The van der Waals surface area contributed by atoms with E-state index in [2.05, 4.69) is 25.8 Å². The second kappa shape index (κ2) is 3.52. The molecule has 0 N–H and O–H groups in total. The van der Waals surface area contributed by atoms with E-state index in [1.807, 2.05) is 7.05 Å². The van der Waals surface area contributed by atoms with Crippen LogP contribution < -0.4 is 0 Å².